The molecule has 1 aromatic carbocycles. The van der Waals surface area contributed by atoms with Gasteiger partial charge in [0.1, 0.15) is 19.0 Å². The van der Waals surface area contributed by atoms with Gasteiger partial charge in [-0.1, -0.05) is 76.9 Å². The predicted octanol–water partition coefficient (Wildman–Crippen LogP) is 6.01. The van der Waals surface area contributed by atoms with E-state index in [0.717, 1.165) is 31.1 Å². The molecule has 140 valence electrons. The van der Waals surface area contributed by atoms with Gasteiger partial charge in [0, 0.05) is 15.7 Å². The number of esters is 1. The van der Waals surface area contributed by atoms with Crippen molar-refractivity contribution in [3.63, 3.8) is 0 Å². The van der Waals surface area contributed by atoms with Crippen molar-refractivity contribution in [1.82, 2.24) is 0 Å². The molecule has 0 heterocycles. The molecule has 0 bridgehead atoms. The van der Waals surface area contributed by atoms with Crippen LogP contribution in [-0.2, 0) is 9.53 Å². The first kappa shape index (κ1) is 22.2. The first-order valence-electron chi connectivity index (χ1n) is 8.76. The third-order valence-corrected chi connectivity index (χ3v) is 5.07. The first-order chi connectivity index (χ1) is 12.0. The van der Waals surface area contributed by atoms with E-state index in [0.29, 0.717) is 22.2 Å². The topological polar surface area (TPSA) is 35.5 Å². The van der Waals surface area contributed by atoms with Crippen molar-refractivity contribution in [2.45, 2.75) is 55.1 Å². The molecule has 0 spiro atoms. The van der Waals surface area contributed by atoms with Gasteiger partial charge in [-0.15, -0.1) is 0 Å². The fraction of sp³-hybridized carbons (Fsp3) is 0.550. The maximum Gasteiger partial charge on any atom is 0.330 e. The third kappa shape index (κ3) is 8.91. The van der Waals surface area contributed by atoms with E-state index < -0.39 is 5.97 Å². The highest BCUT2D eigenvalue weighted by molar-refractivity contribution is 9.09. The summed E-state index contributed by atoms with van der Waals surface area (Å²) in [5.74, 6) is 0.841. The molecule has 1 aromatic rings. The lowest BCUT2D eigenvalue weighted by atomic mass is 9.88. The minimum atomic E-state index is -0.426. The van der Waals surface area contributed by atoms with Gasteiger partial charge in [0.25, 0.3) is 0 Å². The van der Waals surface area contributed by atoms with Crippen LogP contribution in [0.5, 0.6) is 5.75 Å². The van der Waals surface area contributed by atoms with Crippen molar-refractivity contribution in [3.05, 3.63) is 42.5 Å². The molecule has 0 aromatic heterocycles. The fourth-order valence-corrected chi connectivity index (χ4v) is 4.14. The van der Waals surface area contributed by atoms with Crippen LogP contribution in [0.15, 0.2) is 36.9 Å². The standard InChI is InChI=1S/C20H28Br2O3/c1-4-8-17(22)14-16(13-15(3)21)18-9-6-7-10-19(18)24-11-12-25-20(23)5-2/h5-7,9-10,15-17H,2,4,8,11-14H2,1,3H3. The molecule has 0 aliphatic rings. The summed E-state index contributed by atoms with van der Waals surface area (Å²) < 4.78 is 10.9. The predicted molar refractivity (Wildman–Crippen MR) is 111 cm³/mol. The second kappa shape index (κ2) is 12.5. The molecule has 3 nitrogen and oxygen atoms in total. The van der Waals surface area contributed by atoms with Crippen molar-refractivity contribution in [3.8, 4) is 5.75 Å². The lowest BCUT2D eigenvalue weighted by molar-refractivity contribution is -0.138. The van der Waals surface area contributed by atoms with E-state index in [1.54, 1.807) is 0 Å². The van der Waals surface area contributed by atoms with E-state index in [2.05, 4.69) is 64.4 Å². The molecule has 1 rings (SSSR count). The second-order valence-corrected chi connectivity index (χ2v) is 8.95. The Labute approximate surface area is 168 Å². The first-order valence-corrected chi connectivity index (χ1v) is 10.6. The molecule has 0 saturated carbocycles. The van der Waals surface area contributed by atoms with E-state index in [-0.39, 0.29) is 6.61 Å². The summed E-state index contributed by atoms with van der Waals surface area (Å²) in [5, 5.41) is 0. The normalized spacial score (nSPS) is 14.4. The van der Waals surface area contributed by atoms with Crippen LogP contribution in [0, 0.1) is 0 Å². The van der Waals surface area contributed by atoms with Crippen molar-refractivity contribution >= 4 is 37.8 Å². The van der Waals surface area contributed by atoms with Gasteiger partial charge in [-0.3, -0.25) is 0 Å². The zero-order chi connectivity index (χ0) is 18.7. The summed E-state index contributed by atoms with van der Waals surface area (Å²) >= 11 is 7.51. The Kier molecular flexibility index (Phi) is 11.1. The Morgan fingerprint density at radius 1 is 1.24 bits per heavy atom. The fourth-order valence-electron chi connectivity index (χ4n) is 2.78. The second-order valence-electron chi connectivity index (χ2n) is 6.09. The number of carbonyl (C=O) groups is 1. The van der Waals surface area contributed by atoms with Crippen LogP contribution in [0.1, 0.15) is 51.0 Å². The van der Waals surface area contributed by atoms with Gasteiger partial charge in [-0.05, 0) is 36.8 Å². The number of para-hydroxylation sites is 1. The van der Waals surface area contributed by atoms with E-state index in [4.69, 9.17) is 9.47 Å². The molecular weight excluding hydrogens is 448 g/mol. The van der Waals surface area contributed by atoms with Crippen molar-refractivity contribution in [2.24, 2.45) is 0 Å². The van der Waals surface area contributed by atoms with Gasteiger partial charge in [0.15, 0.2) is 0 Å². The van der Waals surface area contributed by atoms with Crippen LogP contribution in [0.4, 0.5) is 0 Å². The maximum atomic E-state index is 11.1. The number of carbonyl (C=O) groups excluding carboxylic acids is 1. The minimum Gasteiger partial charge on any atom is -0.490 e. The third-order valence-electron chi connectivity index (χ3n) is 3.86. The number of benzene rings is 1. The van der Waals surface area contributed by atoms with Gasteiger partial charge >= 0.3 is 5.97 Å². The highest BCUT2D eigenvalue weighted by Gasteiger charge is 2.21. The average molecular weight is 476 g/mol. The van der Waals surface area contributed by atoms with Crippen LogP contribution in [-0.4, -0.2) is 28.8 Å². The molecule has 0 amide bonds. The van der Waals surface area contributed by atoms with Crippen molar-refractivity contribution in [2.75, 3.05) is 13.2 Å². The number of ether oxygens (including phenoxy) is 2. The zero-order valence-corrected chi connectivity index (χ0v) is 18.2. The number of hydrogen-bond donors (Lipinski definition) is 0. The SMILES string of the molecule is C=CC(=O)OCCOc1ccccc1C(CC(C)Br)CC(Br)CCC. The lowest BCUT2D eigenvalue weighted by Crippen LogP contribution is -2.14. The monoisotopic (exact) mass is 474 g/mol. The molecule has 25 heavy (non-hydrogen) atoms. The van der Waals surface area contributed by atoms with Crippen LogP contribution < -0.4 is 4.74 Å². The molecule has 0 aliphatic heterocycles. The molecule has 3 atom stereocenters. The number of hydrogen-bond acceptors (Lipinski definition) is 3. The van der Waals surface area contributed by atoms with Gasteiger partial charge in [-0.25, -0.2) is 4.79 Å². The zero-order valence-electron chi connectivity index (χ0n) is 15.0. The van der Waals surface area contributed by atoms with Crippen LogP contribution in [0.2, 0.25) is 0 Å². The molecular formula is C20H28Br2O3. The Bertz CT molecular complexity index is 531. The Balaban J connectivity index is 2.79. The summed E-state index contributed by atoms with van der Waals surface area (Å²) in [6, 6.07) is 8.15. The van der Waals surface area contributed by atoms with Crippen LogP contribution >= 0.6 is 31.9 Å². The van der Waals surface area contributed by atoms with Gasteiger partial charge < -0.3 is 9.47 Å². The Morgan fingerprint density at radius 2 is 1.96 bits per heavy atom. The van der Waals surface area contributed by atoms with Crippen LogP contribution in [0.3, 0.4) is 0 Å². The van der Waals surface area contributed by atoms with E-state index in [1.165, 1.54) is 12.0 Å². The summed E-state index contributed by atoms with van der Waals surface area (Å²) in [5.41, 5.74) is 1.21. The molecule has 5 heteroatoms. The number of rotatable bonds is 12. The summed E-state index contributed by atoms with van der Waals surface area (Å²) in [7, 11) is 0. The highest BCUT2D eigenvalue weighted by atomic mass is 79.9. The van der Waals surface area contributed by atoms with Crippen molar-refractivity contribution in [1.29, 1.82) is 0 Å². The van der Waals surface area contributed by atoms with Crippen LogP contribution in [0.25, 0.3) is 0 Å². The largest absolute Gasteiger partial charge is 0.490 e. The summed E-state index contributed by atoms with van der Waals surface area (Å²) in [6.07, 6.45) is 5.59. The van der Waals surface area contributed by atoms with E-state index in [1.807, 2.05) is 12.1 Å². The van der Waals surface area contributed by atoms with Gasteiger partial charge in [0.2, 0.25) is 0 Å². The minimum absolute atomic E-state index is 0.218. The van der Waals surface area contributed by atoms with Gasteiger partial charge in [-0.2, -0.15) is 0 Å². The van der Waals surface area contributed by atoms with Crippen molar-refractivity contribution < 1.29 is 14.3 Å². The van der Waals surface area contributed by atoms with E-state index >= 15 is 0 Å². The molecule has 0 N–H and O–H groups in total. The summed E-state index contributed by atoms with van der Waals surface area (Å²) in [6.45, 7) is 8.31. The van der Waals surface area contributed by atoms with E-state index in [9.17, 15) is 4.79 Å². The Morgan fingerprint density at radius 3 is 2.60 bits per heavy atom. The average Bonchev–Trinajstić information content (AvgIpc) is 2.58. The molecule has 3 unspecified atom stereocenters. The lowest BCUT2D eigenvalue weighted by Gasteiger charge is -2.24. The quantitative estimate of drug-likeness (QED) is 0.161. The molecule has 0 radical (unpaired) electrons. The Hall–Kier alpha value is -0.810. The molecule has 0 fully saturated rings. The maximum absolute atomic E-state index is 11.1. The smallest absolute Gasteiger partial charge is 0.330 e. The number of halogens is 2. The summed E-state index contributed by atoms with van der Waals surface area (Å²) in [4.78, 5) is 12.0. The number of alkyl halides is 2. The molecule has 0 aliphatic carbocycles. The highest BCUT2D eigenvalue weighted by Crippen LogP contribution is 2.36. The molecule has 0 saturated heterocycles. The van der Waals surface area contributed by atoms with Gasteiger partial charge in [0.05, 0.1) is 0 Å².